The van der Waals surface area contributed by atoms with Crippen LogP contribution in [0, 0.1) is 0 Å². The molecule has 0 aliphatic rings. The number of rotatable bonds is 7. The predicted molar refractivity (Wildman–Crippen MR) is 151 cm³/mol. The fourth-order valence-electron chi connectivity index (χ4n) is 4.50. The molecular formula is C30H26IN2OPS. The van der Waals surface area contributed by atoms with Crippen LogP contribution in [-0.2, 0) is 0 Å². The van der Waals surface area contributed by atoms with Crippen LogP contribution in [0.15, 0.2) is 131 Å². The summed E-state index contributed by atoms with van der Waals surface area (Å²) in [4.78, 5) is 22.4. The maximum absolute atomic E-state index is 14.2. The predicted octanol–water partition coefficient (Wildman–Crippen LogP) is 2.17. The third kappa shape index (κ3) is 4.93. The van der Waals surface area contributed by atoms with Gasteiger partial charge >= 0.3 is 0 Å². The van der Waals surface area contributed by atoms with E-state index in [2.05, 4.69) is 84.7 Å². The van der Waals surface area contributed by atoms with Crippen LogP contribution in [0.3, 0.4) is 0 Å². The smallest absolute Gasteiger partial charge is 0.296 e. The molecule has 1 N–H and O–H groups in total. The van der Waals surface area contributed by atoms with E-state index in [-0.39, 0.29) is 29.5 Å². The molecule has 0 atom stereocenters. The minimum Gasteiger partial charge on any atom is -1.00 e. The molecule has 0 saturated heterocycles. The number of benzene rings is 4. The Bertz CT molecular complexity index is 1370. The van der Waals surface area contributed by atoms with E-state index in [9.17, 15) is 4.79 Å². The number of nitrogens with zero attached hydrogens (tertiary/aromatic N) is 1. The molecule has 0 unspecified atom stereocenters. The first kappa shape index (κ1) is 26.3. The van der Waals surface area contributed by atoms with E-state index in [4.69, 9.17) is 4.98 Å². The highest BCUT2D eigenvalue weighted by Crippen LogP contribution is 2.54. The Morgan fingerprint density at radius 2 is 1.11 bits per heavy atom. The summed E-state index contributed by atoms with van der Waals surface area (Å²) >= 11 is 1.63. The zero-order valence-electron chi connectivity index (χ0n) is 19.8. The zero-order chi connectivity index (χ0) is 24.1. The maximum Gasteiger partial charge on any atom is 0.296 e. The van der Waals surface area contributed by atoms with Crippen molar-refractivity contribution in [2.24, 2.45) is 0 Å². The number of aromatic nitrogens is 2. The van der Waals surface area contributed by atoms with Gasteiger partial charge in [0, 0.05) is 5.56 Å². The van der Waals surface area contributed by atoms with Crippen molar-refractivity contribution in [3.63, 3.8) is 0 Å². The van der Waals surface area contributed by atoms with Gasteiger partial charge in [-0.25, -0.2) is 4.98 Å². The van der Waals surface area contributed by atoms with Crippen molar-refractivity contribution >= 4 is 40.2 Å². The standard InChI is InChI=1S/C30H25N2OPS.HI/c1-2-35-30-27(29(33)31-28(32-30)23-15-7-3-8-16-23)34(24-17-9-4-10-18-24,25-19-11-5-12-20-25)26-21-13-6-14-22-26;/h3-22H,2H2,1H3;1H. The summed E-state index contributed by atoms with van der Waals surface area (Å²) in [5.41, 5.74) is 0.817. The first-order valence-corrected chi connectivity index (χ1v) is 14.4. The van der Waals surface area contributed by atoms with Gasteiger partial charge in [-0.2, -0.15) is 0 Å². The topological polar surface area (TPSA) is 45.8 Å². The van der Waals surface area contributed by atoms with E-state index in [0.717, 1.165) is 37.6 Å². The average Bonchev–Trinajstić information content (AvgIpc) is 2.93. The number of hydrogen-bond donors (Lipinski definition) is 1. The van der Waals surface area contributed by atoms with E-state index in [1.807, 2.05) is 48.5 Å². The number of nitrogens with one attached hydrogen (secondary N) is 1. The van der Waals surface area contributed by atoms with Gasteiger partial charge in [-0.1, -0.05) is 91.9 Å². The minimum absolute atomic E-state index is 0. The lowest BCUT2D eigenvalue weighted by molar-refractivity contribution is -0.00000689. The van der Waals surface area contributed by atoms with Gasteiger partial charge in [0.15, 0.2) is 7.26 Å². The molecule has 0 spiro atoms. The molecule has 4 aromatic carbocycles. The molecule has 1 aromatic heterocycles. The van der Waals surface area contributed by atoms with Crippen LogP contribution in [-0.4, -0.2) is 15.7 Å². The van der Waals surface area contributed by atoms with Gasteiger partial charge in [0.05, 0.1) is 0 Å². The van der Waals surface area contributed by atoms with Gasteiger partial charge in [0.1, 0.15) is 26.8 Å². The van der Waals surface area contributed by atoms with Crippen molar-refractivity contribution in [1.82, 2.24) is 9.97 Å². The first-order valence-electron chi connectivity index (χ1n) is 11.6. The molecule has 0 amide bonds. The van der Waals surface area contributed by atoms with Crippen LogP contribution in [0.4, 0.5) is 0 Å². The Labute approximate surface area is 233 Å². The fraction of sp³-hybridized carbons (Fsp3) is 0.0667. The normalized spacial score (nSPS) is 11.0. The molecule has 5 rings (SSSR count). The largest absolute Gasteiger partial charge is 1.00 e. The first-order chi connectivity index (χ1) is 17.2. The van der Waals surface area contributed by atoms with Gasteiger partial charge in [-0.3, -0.25) is 4.79 Å². The summed E-state index contributed by atoms with van der Waals surface area (Å²) in [7, 11) is -2.55. The van der Waals surface area contributed by atoms with Crippen molar-refractivity contribution < 1.29 is 24.0 Å². The molecule has 0 aliphatic heterocycles. The molecule has 5 aromatic rings. The molecule has 0 aliphatic carbocycles. The number of thioether (sulfide) groups is 1. The molecule has 0 saturated carbocycles. The van der Waals surface area contributed by atoms with Crippen molar-refractivity contribution in [3.8, 4) is 11.4 Å². The van der Waals surface area contributed by atoms with Gasteiger partial charge in [-0.15, -0.1) is 11.8 Å². The summed E-state index contributed by atoms with van der Waals surface area (Å²) < 4.78 is 0. The third-order valence-corrected chi connectivity index (χ3v) is 11.3. The number of aromatic amines is 1. The molecule has 0 bridgehead atoms. The van der Waals surface area contributed by atoms with E-state index in [1.54, 1.807) is 11.8 Å². The highest BCUT2D eigenvalue weighted by atomic mass is 127. The Morgan fingerprint density at radius 1 is 0.694 bits per heavy atom. The van der Waals surface area contributed by atoms with Crippen molar-refractivity contribution in [3.05, 3.63) is 132 Å². The molecule has 0 radical (unpaired) electrons. The second-order valence-corrected chi connectivity index (χ2v) is 12.6. The Balaban J connectivity index is 0.00000304. The molecule has 6 heteroatoms. The molecule has 0 fully saturated rings. The van der Waals surface area contributed by atoms with Crippen LogP contribution in [0.25, 0.3) is 11.4 Å². The van der Waals surface area contributed by atoms with Crippen LogP contribution in [0.2, 0.25) is 0 Å². The minimum atomic E-state index is -2.55. The van der Waals surface area contributed by atoms with Crippen molar-refractivity contribution in [1.29, 1.82) is 0 Å². The second-order valence-electron chi connectivity index (χ2n) is 8.04. The SMILES string of the molecule is CCSc1nc(-c2ccccc2)[nH]c(=O)c1[P+](c1ccccc1)(c1ccccc1)c1ccccc1.[I-]. The van der Waals surface area contributed by atoms with Gasteiger partial charge in [0.2, 0.25) is 5.30 Å². The third-order valence-electron chi connectivity index (χ3n) is 5.96. The van der Waals surface area contributed by atoms with E-state index in [1.165, 1.54) is 0 Å². The van der Waals surface area contributed by atoms with Crippen LogP contribution in [0.5, 0.6) is 0 Å². The molecule has 1 heterocycles. The highest BCUT2D eigenvalue weighted by molar-refractivity contribution is 8.04. The lowest BCUT2D eigenvalue weighted by Gasteiger charge is -2.27. The van der Waals surface area contributed by atoms with Crippen LogP contribution >= 0.6 is 19.0 Å². The summed E-state index contributed by atoms with van der Waals surface area (Å²) in [6.07, 6.45) is 0. The van der Waals surface area contributed by atoms with Crippen LogP contribution in [0.1, 0.15) is 6.92 Å². The zero-order valence-corrected chi connectivity index (χ0v) is 23.7. The number of halogens is 1. The summed E-state index contributed by atoms with van der Waals surface area (Å²) in [6, 6.07) is 41.2. The summed E-state index contributed by atoms with van der Waals surface area (Å²) in [5.74, 6) is 1.42. The van der Waals surface area contributed by atoms with Crippen molar-refractivity contribution in [2.45, 2.75) is 11.9 Å². The lowest BCUT2D eigenvalue weighted by atomic mass is 10.2. The number of hydrogen-bond acceptors (Lipinski definition) is 3. The Hall–Kier alpha value is -2.73. The highest BCUT2D eigenvalue weighted by Gasteiger charge is 2.52. The Kier molecular flexibility index (Phi) is 8.78. The van der Waals surface area contributed by atoms with Crippen molar-refractivity contribution in [2.75, 3.05) is 5.75 Å². The molecule has 180 valence electrons. The van der Waals surface area contributed by atoms with Crippen LogP contribution < -0.4 is 50.8 Å². The van der Waals surface area contributed by atoms with E-state index < -0.39 is 7.26 Å². The van der Waals surface area contributed by atoms with E-state index >= 15 is 0 Å². The Morgan fingerprint density at radius 3 is 1.53 bits per heavy atom. The quantitative estimate of drug-likeness (QED) is 0.131. The molecule has 3 nitrogen and oxygen atoms in total. The van der Waals surface area contributed by atoms with E-state index in [0.29, 0.717) is 5.82 Å². The van der Waals surface area contributed by atoms with Gasteiger partial charge in [-0.05, 0) is 42.2 Å². The molecule has 36 heavy (non-hydrogen) atoms. The second kappa shape index (κ2) is 12.0. The number of H-pyrrole nitrogens is 1. The average molecular weight is 620 g/mol. The van der Waals surface area contributed by atoms with Gasteiger partial charge in [0.25, 0.3) is 5.56 Å². The summed E-state index contributed by atoms with van der Waals surface area (Å²) in [6.45, 7) is 2.10. The monoisotopic (exact) mass is 620 g/mol. The lowest BCUT2D eigenvalue weighted by Crippen LogP contribution is -3.00. The van der Waals surface area contributed by atoms with Gasteiger partial charge < -0.3 is 29.0 Å². The maximum atomic E-state index is 14.2. The summed E-state index contributed by atoms with van der Waals surface area (Å²) in [5, 5.41) is 4.95. The fourth-order valence-corrected chi connectivity index (χ4v) is 9.99. The molecular weight excluding hydrogens is 594 g/mol.